The minimum Gasteiger partial charge on any atom is -0.349 e. The molecule has 4 saturated carbocycles. The number of carbonyl (C=O) groups excluding carboxylic acids is 1. The molecule has 1 atom stereocenters. The van der Waals surface area contributed by atoms with E-state index in [4.69, 9.17) is 0 Å². The van der Waals surface area contributed by atoms with Crippen molar-refractivity contribution in [2.75, 3.05) is 6.54 Å². The smallest absolute Gasteiger partial charge is 0.251 e. The molecular formula is C21H30N2O3S. The summed E-state index contributed by atoms with van der Waals surface area (Å²) in [5.41, 5.74) is 0.778. The highest BCUT2D eigenvalue weighted by atomic mass is 32.2. The van der Waals surface area contributed by atoms with Crippen LogP contribution in [0.5, 0.6) is 0 Å². The van der Waals surface area contributed by atoms with Gasteiger partial charge in [-0.3, -0.25) is 4.79 Å². The highest BCUT2D eigenvalue weighted by molar-refractivity contribution is 7.89. The van der Waals surface area contributed by atoms with Crippen molar-refractivity contribution in [3.63, 3.8) is 0 Å². The van der Waals surface area contributed by atoms with E-state index in [9.17, 15) is 13.2 Å². The molecule has 0 spiro atoms. The molecule has 1 aromatic carbocycles. The van der Waals surface area contributed by atoms with Gasteiger partial charge in [-0.1, -0.05) is 6.92 Å². The van der Waals surface area contributed by atoms with E-state index >= 15 is 0 Å². The molecule has 4 bridgehead atoms. The van der Waals surface area contributed by atoms with Crippen molar-refractivity contribution in [3.8, 4) is 0 Å². The molecule has 4 aliphatic carbocycles. The molecule has 0 radical (unpaired) electrons. The van der Waals surface area contributed by atoms with E-state index in [0.717, 1.165) is 17.8 Å². The molecule has 5 rings (SSSR count). The fourth-order valence-electron chi connectivity index (χ4n) is 6.20. The van der Waals surface area contributed by atoms with Gasteiger partial charge in [0.05, 0.1) is 4.90 Å². The molecule has 1 aromatic rings. The molecule has 1 unspecified atom stereocenters. The Morgan fingerprint density at radius 1 is 1.07 bits per heavy atom. The lowest BCUT2D eigenvalue weighted by Gasteiger charge is -2.59. The molecule has 2 N–H and O–H groups in total. The first-order valence-electron chi connectivity index (χ1n) is 10.2. The lowest BCUT2D eigenvalue weighted by Crippen LogP contribution is -2.55. The maximum atomic E-state index is 12.8. The number of benzene rings is 1. The highest BCUT2D eigenvalue weighted by Gasteiger charge is 2.53. The average molecular weight is 391 g/mol. The first-order valence-corrected chi connectivity index (χ1v) is 11.7. The van der Waals surface area contributed by atoms with E-state index in [1.807, 2.05) is 0 Å². The largest absolute Gasteiger partial charge is 0.349 e. The minimum atomic E-state index is -3.49. The van der Waals surface area contributed by atoms with Gasteiger partial charge in [0, 0.05) is 18.2 Å². The quantitative estimate of drug-likeness (QED) is 0.782. The number of amides is 1. The standard InChI is InChI=1S/C21H30N2O3S/c1-3-22-27(25,26)19-6-4-18(5-7-19)20(24)23-14(2)21-11-15-8-16(12-21)10-17(9-15)13-21/h4-7,14-17,22H,3,8-13H2,1-2H3,(H,23,24). The van der Waals surface area contributed by atoms with E-state index in [2.05, 4.69) is 17.0 Å². The summed E-state index contributed by atoms with van der Waals surface area (Å²) in [6.45, 7) is 4.24. The van der Waals surface area contributed by atoms with E-state index < -0.39 is 10.0 Å². The van der Waals surface area contributed by atoms with Crippen LogP contribution in [0.3, 0.4) is 0 Å². The summed E-state index contributed by atoms with van der Waals surface area (Å²) in [6, 6.07) is 6.37. The summed E-state index contributed by atoms with van der Waals surface area (Å²) in [7, 11) is -3.49. The number of nitrogens with one attached hydrogen (secondary N) is 2. The van der Waals surface area contributed by atoms with Crippen molar-refractivity contribution in [1.29, 1.82) is 0 Å². The lowest BCUT2D eigenvalue weighted by atomic mass is 9.48. The second-order valence-corrected chi connectivity index (χ2v) is 10.8. The van der Waals surface area contributed by atoms with Crippen LogP contribution in [0.25, 0.3) is 0 Å². The second kappa shape index (κ2) is 6.89. The normalized spacial score (nSPS) is 33.0. The van der Waals surface area contributed by atoms with Crippen LogP contribution in [0.4, 0.5) is 0 Å². The molecule has 27 heavy (non-hydrogen) atoms. The van der Waals surface area contributed by atoms with Gasteiger partial charge in [-0.25, -0.2) is 13.1 Å². The van der Waals surface area contributed by atoms with Crippen molar-refractivity contribution < 1.29 is 13.2 Å². The average Bonchev–Trinajstić information content (AvgIpc) is 2.60. The maximum absolute atomic E-state index is 12.8. The predicted octanol–water partition coefficient (Wildman–Crippen LogP) is 3.32. The predicted molar refractivity (Wildman–Crippen MR) is 105 cm³/mol. The summed E-state index contributed by atoms with van der Waals surface area (Å²) in [4.78, 5) is 12.9. The minimum absolute atomic E-state index is 0.106. The number of rotatable bonds is 6. The van der Waals surface area contributed by atoms with Crippen LogP contribution in [0, 0.1) is 23.2 Å². The zero-order valence-electron chi connectivity index (χ0n) is 16.2. The van der Waals surface area contributed by atoms with Crippen molar-refractivity contribution in [2.24, 2.45) is 23.2 Å². The second-order valence-electron chi connectivity index (χ2n) is 9.00. The van der Waals surface area contributed by atoms with Crippen LogP contribution >= 0.6 is 0 Å². The van der Waals surface area contributed by atoms with Crippen LogP contribution < -0.4 is 10.0 Å². The summed E-state index contributed by atoms with van der Waals surface area (Å²) in [5.74, 6) is 2.45. The van der Waals surface area contributed by atoms with Crippen molar-refractivity contribution in [3.05, 3.63) is 29.8 Å². The third kappa shape index (κ3) is 3.54. The number of sulfonamides is 1. The number of hydrogen-bond acceptors (Lipinski definition) is 3. The van der Waals surface area contributed by atoms with Gasteiger partial charge in [0.15, 0.2) is 0 Å². The van der Waals surface area contributed by atoms with Gasteiger partial charge >= 0.3 is 0 Å². The molecule has 6 heteroatoms. The molecule has 5 nitrogen and oxygen atoms in total. The zero-order chi connectivity index (χ0) is 19.2. The van der Waals surface area contributed by atoms with Gasteiger partial charge in [-0.2, -0.15) is 0 Å². The van der Waals surface area contributed by atoms with Crippen LogP contribution in [0.15, 0.2) is 29.2 Å². The Bertz CT molecular complexity index is 781. The Kier molecular flexibility index (Phi) is 4.83. The molecule has 148 valence electrons. The summed E-state index contributed by atoms with van der Waals surface area (Å²) in [5, 5.41) is 3.23. The summed E-state index contributed by atoms with van der Waals surface area (Å²) in [6.07, 6.45) is 7.92. The molecule has 0 saturated heterocycles. The van der Waals surface area contributed by atoms with Gasteiger partial charge in [0.1, 0.15) is 0 Å². The lowest BCUT2D eigenvalue weighted by molar-refractivity contribution is -0.0688. The number of carbonyl (C=O) groups is 1. The molecule has 4 fully saturated rings. The van der Waals surface area contributed by atoms with E-state index in [1.165, 1.54) is 50.7 Å². The van der Waals surface area contributed by atoms with Crippen molar-refractivity contribution in [2.45, 2.75) is 63.3 Å². The Morgan fingerprint density at radius 3 is 2.07 bits per heavy atom. The topological polar surface area (TPSA) is 75.3 Å². The number of hydrogen-bond donors (Lipinski definition) is 2. The highest BCUT2D eigenvalue weighted by Crippen LogP contribution is 2.61. The third-order valence-electron chi connectivity index (χ3n) is 7.11. The fourth-order valence-corrected chi connectivity index (χ4v) is 7.24. The van der Waals surface area contributed by atoms with Crippen molar-refractivity contribution >= 4 is 15.9 Å². The molecule has 0 aromatic heterocycles. The fraction of sp³-hybridized carbons (Fsp3) is 0.667. The van der Waals surface area contributed by atoms with E-state index in [-0.39, 0.29) is 22.3 Å². The van der Waals surface area contributed by atoms with Gasteiger partial charge in [-0.05, 0) is 92.9 Å². The Hall–Kier alpha value is -1.40. The van der Waals surface area contributed by atoms with E-state index in [1.54, 1.807) is 19.1 Å². The van der Waals surface area contributed by atoms with Crippen LogP contribution in [0.2, 0.25) is 0 Å². The van der Waals surface area contributed by atoms with Crippen LogP contribution in [0.1, 0.15) is 62.7 Å². The van der Waals surface area contributed by atoms with Crippen LogP contribution in [-0.4, -0.2) is 26.9 Å². The zero-order valence-corrected chi connectivity index (χ0v) is 17.0. The van der Waals surface area contributed by atoms with Gasteiger partial charge in [0.2, 0.25) is 10.0 Å². The summed E-state index contributed by atoms with van der Waals surface area (Å²) >= 11 is 0. The molecule has 4 aliphatic rings. The Balaban J connectivity index is 1.45. The van der Waals surface area contributed by atoms with E-state index in [0.29, 0.717) is 12.1 Å². The molecular weight excluding hydrogens is 360 g/mol. The van der Waals surface area contributed by atoms with Gasteiger partial charge in [-0.15, -0.1) is 0 Å². The van der Waals surface area contributed by atoms with Crippen LogP contribution in [-0.2, 0) is 10.0 Å². The Morgan fingerprint density at radius 2 is 1.59 bits per heavy atom. The monoisotopic (exact) mass is 390 g/mol. The molecule has 0 heterocycles. The molecule has 0 aliphatic heterocycles. The maximum Gasteiger partial charge on any atom is 0.251 e. The van der Waals surface area contributed by atoms with Gasteiger partial charge in [0.25, 0.3) is 5.91 Å². The first-order chi connectivity index (χ1) is 12.8. The summed E-state index contributed by atoms with van der Waals surface area (Å²) < 4.78 is 26.5. The third-order valence-corrected chi connectivity index (χ3v) is 8.67. The Labute approximate surface area is 162 Å². The molecule has 1 amide bonds. The van der Waals surface area contributed by atoms with Gasteiger partial charge < -0.3 is 5.32 Å². The first kappa shape index (κ1) is 18.9. The SMILES string of the molecule is CCNS(=O)(=O)c1ccc(C(=O)NC(C)C23CC4CC(CC(C4)C2)C3)cc1. The van der Waals surface area contributed by atoms with Crippen molar-refractivity contribution in [1.82, 2.24) is 10.0 Å².